The third-order valence-electron chi connectivity index (χ3n) is 10.3. The maximum atomic E-state index is 12.4. The molecular weight excluding hydrogens is 794 g/mol. The van der Waals surface area contributed by atoms with Crippen LogP contribution in [0, 0.1) is 11.8 Å². The molecule has 0 fully saturated rings. The number of amides is 1. The molecule has 3 N–H and O–H groups in total. The van der Waals surface area contributed by atoms with Gasteiger partial charge in [-0.2, -0.15) is 10.2 Å². The summed E-state index contributed by atoms with van der Waals surface area (Å²) >= 11 is 16.1. The molecule has 2 atom stereocenters. The topological polar surface area (TPSA) is 168 Å². The number of aryl methyl sites for hydroxylation is 2. The summed E-state index contributed by atoms with van der Waals surface area (Å²) in [5, 5.41) is 27.5. The molecule has 10 rings (SSSR count). The van der Waals surface area contributed by atoms with Crippen LogP contribution in [0.15, 0.2) is 61.7 Å². The van der Waals surface area contributed by atoms with Crippen LogP contribution in [0.2, 0.25) is 10.0 Å². The molecule has 0 bridgehead atoms. The maximum absolute atomic E-state index is 12.4. The lowest BCUT2D eigenvalue weighted by molar-refractivity contribution is -0.142. The number of pyridine rings is 2. The van der Waals surface area contributed by atoms with Gasteiger partial charge in [0.2, 0.25) is 5.91 Å². The van der Waals surface area contributed by atoms with Crippen molar-refractivity contribution in [3.8, 4) is 0 Å². The number of carboxylic acid groups (broad SMARTS) is 1. The minimum absolute atomic E-state index is 0.0358. The number of aromatic nitrogens is 8. The number of aliphatic carboxylic acids is 1. The first-order chi connectivity index (χ1) is 27.1. The molecule has 0 saturated carbocycles. The van der Waals surface area contributed by atoms with Crippen molar-refractivity contribution < 1.29 is 14.7 Å². The van der Waals surface area contributed by atoms with Crippen LogP contribution >= 0.6 is 45.9 Å². The van der Waals surface area contributed by atoms with Crippen molar-refractivity contribution in [2.45, 2.75) is 38.5 Å². The molecule has 0 saturated heterocycles. The van der Waals surface area contributed by atoms with Gasteiger partial charge in [0.15, 0.2) is 0 Å². The molecule has 8 aromatic heterocycles. The summed E-state index contributed by atoms with van der Waals surface area (Å²) in [4.78, 5) is 47.4. The van der Waals surface area contributed by atoms with Crippen molar-refractivity contribution >= 4 is 112 Å². The highest BCUT2D eigenvalue weighted by atomic mass is 35.5. The van der Waals surface area contributed by atoms with Crippen molar-refractivity contribution in [1.82, 2.24) is 44.1 Å². The molecule has 1 amide bonds. The molecule has 0 spiro atoms. The fourth-order valence-corrected chi connectivity index (χ4v) is 10.4. The van der Waals surface area contributed by atoms with Gasteiger partial charge < -0.3 is 20.6 Å². The highest BCUT2D eigenvalue weighted by Gasteiger charge is 2.31. The van der Waals surface area contributed by atoms with Crippen molar-refractivity contribution in [3.05, 3.63) is 92.6 Å². The van der Waals surface area contributed by atoms with Crippen molar-refractivity contribution in [3.63, 3.8) is 0 Å². The van der Waals surface area contributed by atoms with E-state index in [0.29, 0.717) is 35.1 Å². The van der Waals surface area contributed by atoms with Crippen molar-refractivity contribution in [2.75, 3.05) is 24.7 Å². The Morgan fingerprint density at radius 3 is 1.73 bits per heavy atom. The predicted molar refractivity (Wildman–Crippen MR) is 219 cm³/mol. The van der Waals surface area contributed by atoms with Crippen LogP contribution in [-0.2, 0) is 35.3 Å². The number of thiophene rings is 2. The Balaban J connectivity index is 0.000000147. The first kappa shape index (κ1) is 36.2. The van der Waals surface area contributed by atoms with Crippen molar-refractivity contribution in [2.24, 2.45) is 11.8 Å². The molecule has 18 heteroatoms. The zero-order chi connectivity index (χ0) is 38.7. The maximum Gasteiger partial charge on any atom is 0.306 e. The number of anilines is 4. The quantitative estimate of drug-likeness (QED) is 0.149. The SMILES string of the molecule is CN(C)C(=O)[C@H]1CCc2c(sc3ncnc(Nc4cc5ccnn5cc4Cl)c23)C1.O=C(O)[C@H]1CCc2c(sc3ncnc(Nc4cc5ccnn5cc4Cl)c23)C1. The van der Waals surface area contributed by atoms with Gasteiger partial charge in [0.05, 0.1) is 49.1 Å². The van der Waals surface area contributed by atoms with E-state index < -0.39 is 5.97 Å². The number of carbonyl (C=O) groups is 2. The monoisotopic (exact) mass is 825 g/mol. The van der Waals surface area contributed by atoms with Crippen LogP contribution in [0.1, 0.15) is 33.7 Å². The molecule has 56 heavy (non-hydrogen) atoms. The average Bonchev–Trinajstić information content (AvgIpc) is 3.99. The van der Waals surface area contributed by atoms with E-state index in [1.165, 1.54) is 16.8 Å². The number of nitrogens with zero attached hydrogens (tertiary/aromatic N) is 9. The Labute approximate surface area is 337 Å². The molecule has 8 heterocycles. The summed E-state index contributed by atoms with van der Waals surface area (Å²) < 4.78 is 3.44. The molecule has 284 valence electrons. The van der Waals surface area contributed by atoms with Gasteiger partial charge in [0.25, 0.3) is 0 Å². The lowest BCUT2D eigenvalue weighted by Crippen LogP contribution is -2.32. The number of hydrogen-bond donors (Lipinski definition) is 3. The molecule has 0 aliphatic heterocycles. The fourth-order valence-electron chi connectivity index (χ4n) is 7.52. The molecular formula is C38H33Cl2N11O3S2. The molecule has 0 radical (unpaired) electrons. The number of carboxylic acids is 1. The highest BCUT2D eigenvalue weighted by molar-refractivity contribution is 7.19. The number of halogens is 2. The van der Waals surface area contributed by atoms with Crippen molar-refractivity contribution in [1.29, 1.82) is 0 Å². The largest absolute Gasteiger partial charge is 0.481 e. The van der Waals surface area contributed by atoms with E-state index in [4.69, 9.17) is 23.2 Å². The summed E-state index contributed by atoms with van der Waals surface area (Å²) in [5.41, 5.74) is 5.78. The van der Waals surface area contributed by atoms with Gasteiger partial charge in [-0.25, -0.2) is 29.0 Å². The lowest BCUT2D eigenvalue weighted by atomic mass is 9.87. The van der Waals surface area contributed by atoms with Gasteiger partial charge in [-0.15, -0.1) is 22.7 Å². The van der Waals surface area contributed by atoms with Crippen LogP contribution in [0.4, 0.5) is 23.0 Å². The van der Waals surface area contributed by atoms with Crippen LogP contribution in [0.3, 0.4) is 0 Å². The Bertz CT molecular complexity index is 2830. The molecule has 14 nitrogen and oxygen atoms in total. The summed E-state index contributed by atoms with van der Waals surface area (Å²) in [5.74, 6) is 0.608. The Kier molecular flexibility index (Phi) is 9.43. The Hall–Kier alpha value is -5.42. The predicted octanol–water partition coefficient (Wildman–Crippen LogP) is 7.85. The second-order valence-corrected chi connectivity index (χ2v) is 17.0. The fraction of sp³-hybridized carbons (Fsp3) is 0.263. The first-order valence-electron chi connectivity index (χ1n) is 17.9. The van der Waals surface area contributed by atoms with E-state index >= 15 is 0 Å². The second-order valence-electron chi connectivity index (χ2n) is 14.0. The Morgan fingerprint density at radius 2 is 1.25 bits per heavy atom. The van der Waals surface area contributed by atoms with E-state index in [-0.39, 0.29) is 17.7 Å². The first-order valence-corrected chi connectivity index (χ1v) is 20.2. The molecule has 8 aromatic rings. The van der Waals surface area contributed by atoms with Crippen LogP contribution < -0.4 is 10.6 Å². The standard InChI is InChI=1S/C20H19ClN6OS.C18H14ClN5O2S/c1-26(2)20(28)11-3-4-13-16(7-11)29-19-17(13)18(22-10-23-19)25-15-8-12-5-6-24-27(12)9-14(15)21;19-12-7-24-10(3-4-22-24)6-13(12)23-16-15-11-2-1-9(18(25)26)5-14(11)27-17(15)21-8-20-16/h5-6,8-11H,3-4,7H2,1-2H3,(H,22,23,25);3-4,6-9H,1-2,5H2,(H,25,26)(H,20,21,23)/t11-;9-/m00/s1. The molecule has 0 unspecified atom stereocenters. The summed E-state index contributed by atoms with van der Waals surface area (Å²) in [6.07, 6.45) is 14.4. The van der Waals surface area contributed by atoms with E-state index in [1.807, 2.05) is 38.4 Å². The summed E-state index contributed by atoms with van der Waals surface area (Å²) in [6.45, 7) is 0. The van der Waals surface area contributed by atoms with E-state index in [9.17, 15) is 14.7 Å². The second kappa shape index (κ2) is 14.6. The lowest BCUT2D eigenvalue weighted by Gasteiger charge is -2.24. The number of nitrogens with one attached hydrogen (secondary N) is 2. The van der Waals surface area contributed by atoms with E-state index in [0.717, 1.165) is 78.4 Å². The zero-order valence-electron chi connectivity index (χ0n) is 30.0. The normalized spacial score (nSPS) is 16.4. The summed E-state index contributed by atoms with van der Waals surface area (Å²) in [6, 6.07) is 7.69. The number of hydrogen-bond acceptors (Lipinski definition) is 12. The number of rotatable bonds is 6. The van der Waals surface area contributed by atoms with E-state index in [2.05, 4.69) is 40.8 Å². The van der Waals surface area contributed by atoms with Gasteiger partial charge in [0, 0.05) is 54.6 Å². The van der Waals surface area contributed by atoms with Gasteiger partial charge in [-0.1, -0.05) is 23.2 Å². The smallest absolute Gasteiger partial charge is 0.306 e. The van der Waals surface area contributed by atoms with Gasteiger partial charge in [-0.3, -0.25) is 9.59 Å². The van der Waals surface area contributed by atoms with E-state index in [1.54, 1.807) is 67.7 Å². The average molecular weight is 827 g/mol. The van der Waals surface area contributed by atoms with Crippen LogP contribution in [0.25, 0.3) is 31.5 Å². The molecule has 2 aliphatic carbocycles. The third-order valence-corrected chi connectivity index (χ3v) is 13.2. The van der Waals surface area contributed by atoms with Gasteiger partial charge in [0.1, 0.15) is 34.0 Å². The number of fused-ring (bicyclic) bond motifs is 8. The van der Waals surface area contributed by atoms with Gasteiger partial charge >= 0.3 is 5.97 Å². The number of carbonyl (C=O) groups excluding carboxylic acids is 1. The minimum Gasteiger partial charge on any atom is -0.481 e. The highest BCUT2D eigenvalue weighted by Crippen LogP contribution is 2.43. The Morgan fingerprint density at radius 1 is 0.768 bits per heavy atom. The van der Waals surface area contributed by atoms with Gasteiger partial charge in [-0.05, 0) is 73.9 Å². The van der Waals surface area contributed by atoms with Crippen LogP contribution in [0.5, 0.6) is 0 Å². The third kappa shape index (κ3) is 6.65. The zero-order valence-corrected chi connectivity index (χ0v) is 33.2. The summed E-state index contributed by atoms with van der Waals surface area (Å²) in [7, 11) is 3.63. The molecule has 0 aromatic carbocycles. The molecule has 2 aliphatic rings. The van der Waals surface area contributed by atoms with Crippen LogP contribution in [-0.4, -0.2) is 75.1 Å². The minimum atomic E-state index is -0.733.